The van der Waals surface area contributed by atoms with Crippen LogP contribution in [0.4, 0.5) is 4.79 Å². The quantitative estimate of drug-likeness (QED) is 0.400. The highest BCUT2D eigenvalue weighted by molar-refractivity contribution is 9.08. The molecule has 0 spiro atoms. The fourth-order valence-electron chi connectivity index (χ4n) is 3.30. The van der Waals surface area contributed by atoms with E-state index in [-0.39, 0.29) is 28.1 Å². The minimum absolute atomic E-state index is 0.0350. The van der Waals surface area contributed by atoms with Crippen LogP contribution in [0.3, 0.4) is 0 Å². The second-order valence-electron chi connectivity index (χ2n) is 10.8. The minimum atomic E-state index is -2.06. The maximum absolute atomic E-state index is 13.2. The highest BCUT2D eigenvalue weighted by Gasteiger charge is 2.45. The van der Waals surface area contributed by atoms with E-state index in [1.54, 1.807) is 20.8 Å². The van der Waals surface area contributed by atoms with Crippen LogP contribution < -0.4 is 11.2 Å². The number of carbonyl (C=O) groups excluding carboxylic acids is 1. The molecule has 1 fully saturated rings. The molecule has 1 saturated heterocycles. The van der Waals surface area contributed by atoms with E-state index < -0.39 is 37.5 Å². The van der Waals surface area contributed by atoms with Gasteiger partial charge in [0.25, 0.3) is 5.56 Å². The molecule has 3 atom stereocenters. The summed E-state index contributed by atoms with van der Waals surface area (Å²) < 4.78 is 20.0. The van der Waals surface area contributed by atoms with Crippen molar-refractivity contribution in [2.24, 2.45) is 0 Å². The molecule has 1 aromatic rings. The molecule has 0 unspecified atom stereocenters. The van der Waals surface area contributed by atoms with Crippen LogP contribution >= 0.6 is 15.9 Å². The molecule has 8 nitrogen and oxygen atoms in total. The molecule has 10 heteroatoms. The number of carbonyl (C=O) groups is 1. The highest BCUT2D eigenvalue weighted by Crippen LogP contribution is 2.41. The molecule has 32 heavy (non-hydrogen) atoms. The normalized spacial score (nSPS) is 22.2. The van der Waals surface area contributed by atoms with E-state index in [0.29, 0.717) is 11.0 Å². The van der Waals surface area contributed by atoms with Crippen LogP contribution in [-0.2, 0) is 19.2 Å². The number of halogens is 1. The van der Waals surface area contributed by atoms with Crippen molar-refractivity contribution in [1.82, 2.24) is 9.13 Å². The Morgan fingerprint density at radius 1 is 1.22 bits per heavy atom. The van der Waals surface area contributed by atoms with E-state index in [0.717, 1.165) is 6.42 Å². The molecule has 182 valence electrons. The largest absolute Gasteiger partial charge is 0.443 e. The molecular formula is C22H37BrN2O6Si. The smallest absolute Gasteiger partial charge is 0.425 e. The van der Waals surface area contributed by atoms with Gasteiger partial charge in [-0.15, -0.1) is 0 Å². The predicted molar refractivity (Wildman–Crippen MR) is 130 cm³/mol. The van der Waals surface area contributed by atoms with E-state index in [1.165, 1.54) is 10.8 Å². The van der Waals surface area contributed by atoms with Gasteiger partial charge in [0.05, 0.1) is 12.2 Å². The summed E-state index contributed by atoms with van der Waals surface area (Å²) in [5, 5.41) is 0.218. The van der Waals surface area contributed by atoms with Crippen molar-refractivity contribution in [2.75, 3.05) is 0 Å². The number of alkyl halides is 1. The number of nitrogens with zero attached hydrogens (tertiary/aromatic N) is 2. The molecule has 0 aromatic carbocycles. The lowest BCUT2D eigenvalue weighted by Crippen LogP contribution is -2.47. The number of hydrogen-bond acceptors (Lipinski definition) is 6. The number of hydrogen-bond donors (Lipinski definition) is 0. The molecule has 0 amide bonds. The average molecular weight is 534 g/mol. The zero-order valence-electron chi connectivity index (χ0n) is 20.7. The van der Waals surface area contributed by atoms with Gasteiger partial charge in [0, 0.05) is 23.5 Å². The van der Waals surface area contributed by atoms with Crippen molar-refractivity contribution in [3.05, 3.63) is 32.6 Å². The van der Waals surface area contributed by atoms with Gasteiger partial charge in [-0.3, -0.25) is 9.36 Å². The Labute approximate surface area is 199 Å². The second-order valence-corrected chi connectivity index (χ2v) is 16.1. The SMILES string of the molecule is CC[C@H]1O[C@@H](n2cc(CBr)c(=O)n(C(=O)OC(C)(C)C)c2=O)C[C@H]1O[Si](C)(C)C(C)(C)C. The number of ether oxygens (including phenoxy) is 2. The van der Waals surface area contributed by atoms with Crippen LogP contribution in [0.2, 0.25) is 18.1 Å². The first-order valence-corrected chi connectivity index (χ1v) is 15.0. The van der Waals surface area contributed by atoms with Crippen molar-refractivity contribution in [3.8, 4) is 0 Å². The molecule has 0 saturated carbocycles. The summed E-state index contributed by atoms with van der Waals surface area (Å²) >= 11 is 3.28. The Hall–Kier alpha value is -1.23. The van der Waals surface area contributed by atoms with Gasteiger partial charge in [-0.25, -0.2) is 9.59 Å². The van der Waals surface area contributed by atoms with Crippen molar-refractivity contribution in [1.29, 1.82) is 0 Å². The van der Waals surface area contributed by atoms with Crippen LogP contribution in [0.25, 0.3) is 0 Å². The first-order chi connectivity index (χ1) is 14.5. The molecule has 0 aliphatic carbocycles. The lowest BCUT2D eigenvalue weighted by atomic mass is 10.1. The Kier molecular flexibility index (Phi) is 8.07. The summed E-state index contributed by atoms with van der Waals surface area (Å²) in [5.74, 6) is 0. The lowest BCUT2D eigenvalue weighted by molar-refractivity contribution is -0.0206. The van der Waals surface area contributed by atoms with Gasteiger partial charge >= 0.3 is 11.8 Å². The van der Waals surface area contributed by atoms with Gasteiger partial charge in [0.2, 0.25) is 0 Å². The van der Waals surface area contributed by atoms with Gasteiger partial charge in [-0.2, -0.15) is 4.57 Å². The molecule has 0 bridgehead atoms. The topological polar surface area (TPSA) is 88.8 Å². The van der Waals surface area contributed by atoms with E-state index in [4.69, 9.17) is 13.9 Å². The van der Waals surface area contributed by atoms with Crippen LogP contribution in [0.1, 0.15) is 73.1 Å². The zero-order valence-corrected chi connectivity index (χ0v) is 23.2. The van der Waals surface area contributed by atoms with Crippen LogP contribution in [0, 0.1) is 0 Å². The third kappa shape index (κ3) is 5.81. The van der Waals surface area contributed by atoms with Crippen molar-refractivity contribution >= 4 is 30.3 Å². The van der Waals surface area contributed by atoms with Crippen molar-refractivity contribution in [3.63, 3.8) is 0 Å². The summed E-state index contributed by atoms with van der Waals surface area (Å²) in [5.41, 5.74) is -2.06. The zero-order chi connectivity index (χ0) is 24.6. The maximum atomic E-state index is 13.2. The van der Waals surface area contributed by atoms with Crippen molar-refractivity contribution < 1.29 is 18.7 Å². The predicted octanol–water partition coefficient (Wildman–Crippen LogP) is 4.78. The summed E-state index contributed by atoms with van der Waals surface area (Å²) in [4.78, 5) is 38.6. The maximum Gasteiger partial charge on any atom is 0.425 e. The van der Waals surface area contributed by atoms with Crippen LogP contribution in [0.15, 0.2) is 15.8 Å². The summed E-state index contributed by atoms with van der Waals surface area (Å²) in [6, 6.07) is 0. The molecule has 1 aliphatic rings. The third-order valence-electron chi connectivity index (χ3n) is 6.05. The second kappa shape index (κ2) is 9.56. The first-order valence-electron chi connectivity index (χ1n) is 11.0. The Bertz CT molecular complexity index is 957. The molecular weight excluding hydrogens is 496 g/mol. The molecule has 0 radical (unpaired) electrons. The van der Waals surface area contributed by atoms with Crippen LogP contribution in [-0.4, -0.2) is 41.4 Å². The minimum Gasteiger partial charge on any atom is -0.443 e. The van der Waals surface area contributed by atoms with Gasteiger partial charge in [0.1, 0.15) is 11.8 Å². The molecule has 1 aliphatic heterocycles. The Balaban J connectivity index is 2.47. The summed E-state index contributed by atoms with van der Waals surface area (Å²) in [6.07, 6.45) is 0.646. The summed E-state index contributed by atoms with van der Waals surface area (Å²) in [7, 11) is -2.06. The van der Waals surface area contributed by atoms with Gasteiger partial charge in [-0.05, 0) is 45.3 Å². The van der Waals surface area contributed by atoms with Gasteiger partial charge in [-0.1, -0.05) is 43.6 Å². The summed E-state index contributed by atoms with van der Waals surface area (Å²) in [6.45, 7) is 18.0. The standard InChI is InChI=1S/C22H37BrN2O6Si/c1-10-15-16(31-32(8,9)22(5,6)7)11-17(29-15)24-13-14(12-23)18(26)25(19(24)27)20(28)30-21(2,3)4/h13,15-17H,10-12H2,1-9H3/t15-,16-,17-/m1/s1. The molecule has 1 aromatic heterocycles. The third-order valence-corrected chi connectivity index (χ3v) is 11.2. The molecule has 2 rings (SSSR count). The van der Waals surface area contributed by atoms with Crippen molar-refractivity contribution in [2.45, 2.75) is 109 Å². The fraction of sp³-hybridized carbons (Fsp3) is 0.773. The first kappa shape index (κ1) is 27.0. The molecule has 0 N–H and O–H groups in total. The Morgan fingerprint density at radius 2 is 1.81 bits per heavy atom. The Morgan fingerprint density at radius 3 is 2.28 bits per heavy atom. The average Bonchev–Trinajstić information content (AvgIpc) is 3.01. The van der Waals surface area contributed by atoms with Gasteiger partial charge < -0.3 is 13.9 Å². The highest BCUT2D eigenvalue weighted by atomic mass is 79.9. The number of aromatic nitrogens is 2. The number of rotatable bonds is 5. The molecule has 2 heterocycles. The van der Waals surface area contributed by atoms with E-state index in [1.807, 2.05) is 6.92 Å². The lowest BCUT2D eigenvalue weighted by Gasteiger charge is -2.39. The fourth-order valence-corrected chi connectivity index (χ4v) is 5.05. The van der Waals surface area contributed by atoms with E-state index in [2.05, 4.69) is 49.8 Å². The van der Waals surface area contributed by atoms with Gasteiger partial charge in [0.15, 0.2) is 8.32 Å². The monoisotopic (exact) mass is 532 g/mol. The van der Waals surface area contributed by atoms with Crippen LogP contribution in [0.5, 0.6) is 0 Å². The van der Waals surface area contributed by atoms with E-state index >= 15 is 0 Å². The van der Waals surface area contributed by atoms with E-state index in [9.17, 15) is 14.4 Å².